The zero-order chi connectivity index (χ0) is 19.3. The van der Waals surface area contributed by atoms with Gasteiger partial charge in [-0.1, -0.05) is 6.07 Å². The van der Waals surface area contributed by atoms with Crippen LogP contribution in [0.25, 0.3) is 5.65 Å². The molecule has 4 aliphatic carbocycles. The maximum atomic E-state index is 13.0. The minimum absolute atomic E-state index is 0.0168. The molecule has 5 nitrogen and oxygen atoms in total. The number of pyridine rings is 1. The summed E-state index contributed by atoms with van der Waals surface area (Å²) in [5.74, 6) is 2.82. The molecule has 0 radical (unpaired) electrons. The fourth-order valence-electron chi connectivity index (χ4n) is 6.54. The molecule has 28 heavy (non-hydrogen) atoms. The first-order valence-electron chi connectivity index (χ1n) is 10.7. The fourth-order valence-corrected chi connectivity index (χ4v) is 6.54. The highest BCUT2D eigenvalue weighted by Crippen LogP contribution is 2.59. The summed E-state index contributed by atoms with van der Waals surface area (Å²) >= 11 is 0. The Hall–Kier alpha value is -2.17. The third-order valence-corrected chi connectivity index (χ3v) is 7.30. The molecular formula is C23H29N3O2. The van der Waals surface area contributed by atoms with E-state index in [9.17, 15) is 9.59 Å². The van der Waals surface area contributed by atoms with Crippen LogP contribution < -0.4 is 5.32 Å². The molecule has 4 bridgehead atoms. The molecule has 2 heterocycles. The number of carbonyl (C=O) groups excluding carboxylic acids is 2. The van der Waals surface area contributed by atoms with E-state index in [-0.39, 0.29) is 11.7 Å². The summed E-state index contributed by atoms with van der Waals surface area (Å²) in [6.07, 6.45) is 11.2. The Labute approximate surface area is 165 Å². The van der Waals surface area contributed by atoms with E-state index in [0.717, 1.165) is 35.6 Å². The van der Waals surface area contributed by atoms with Crippen LogP contribution in [0, 0.1) is 23.2 Å². The Bertz CT molecular complexity index is 894. The third kappa shape index (κ3) is 3.25. The molecule has 4 saturated carbocycles. The highest BCUT2D eigenvalue weighted by molar-refractivity contribution is 5.93. The van der Waals surface area contributed by atoms with Gasteiger partial charge in [-0.2, -0.15) is 0 Å². The number of carbonyl (C=O) groups is 2. The Morgan fingerprint density at radius 1 is 1.14 bits per heavy atom. The second kappa shape index (κ2) is 6.71. The number of aryl methyl sites for hydroxylation is 1. The summed E-state index contributed by atoms with van der Waals surface area (Å²) in [7, 11) is 0. The van der Waals surface area contributed by atoms with Crippen molar-refractivity contribution in [2.45, 2.75) is 58.3 Å². The van der Waals surface area contributed by atoms with Gasteiger partial charge in [0.1, 0.15) is 17.1 Å². The Morgan fingerprint density at radius 3 is 2.46 bits per heavy atom. The molecule has 0 saturated heterocycles. The van der Waals surface area contributed by atoms with E-state index in [0.29, 0.717) is 24.0 Å². The van der Waals surface area contributed by atoms with Gasteiger partial charge in [0.05, 0.1) is 5.69 Å². The van der Waals surface area contributed by atoms with Crippen LogP contribution in [-0.4, -0.2) is 27.6 Å². The van der Waals surface area contributed by atoms with E-state index in [4.69, 9.17) is 0 Å². The number of rotatable bonds is 6. The molecule has 4 fully saturated rings. The van der Waals surface area contributed by atoms with Crippen LogP contribution in [0.5, 0.6) is 0 Å². The van der Waals surface area contributed by atoms with Crippen molar-refractivity contribution in [2.75, 3.05) is 6.54 Å². The van der Waals surface area contributed by atoms with E-state index >= 15 is 0 Å². The van der Waals surface area contributed by atoms with E-state index in [2.05, 4.69) is 10.3 Å². The van der Waals surface area contributed by atoms with Gasteiger partial charge in [-0.05, 0) is 87.2 Å². The molecule has 2 aromatic heterocycles. The van der Waals surface area contributed by atoms with Crippen molar-refractivity contribution in [1.82, 2.24) is 14.7 Å². The van der Waals surface area contributed by atoms with Gasteiger partial charge in [0.15, 0.2) is 0 Å². The molecule has 0 spiro atoms. The predicted molar refractivity (Wildman–Crippen MR) is 107 cm³/mol. The second-order valence-corrected chi connectivity index (χ2v) is 9.67. The Morgan fingerprint density at radius 2 is 1.82 bits per heavy atom. The number of imidazole rings is 1. The first-order valence-corrected chi connectivity index (χ1v) is 10.7. The van der Waals surface area contributed by atoms with Gasteiger partial charge in [-0.3, -0.25) is 9.20 Å². The van der Waals surface area contributed by atoms with Crippen molar-refractivity contribution in [1.29, 1.82) is 0 Å². The molecule has 6 rings (SSSR count). The number of fused-ring (bicyclic) bond motifs is 1. The van der Waals surface area contributed by atoms with E-state index in [1.165, 1.54) is 38.5 Å². The maximum absolute atomic E-state index is 13.0. The number of amides is 1. The average Bonchev–Trinajstić information content (AvgIpc) is 3.06. The van der Waals surface area contributed by atoms with Crippen LogP contribution in [0.4, 0.5) is 0 Å². The molecule has 1 N–H and O–H groups in total. The Kier molecular flexibility index (Phi) is 4.29. The number of nitrogens with zero attached hydrogens (tertiary/aromatic N) is 2. The molecule has 0 atom stereocenters. The van der Waals surface area contributed by atoms with Crippen molar-refractivity contribution in [2.24, 2.45) is 23.2 Å². The second-order valence-electron chi connectivity index (χ2n) is 9.67. The minimum Gasteiger partial charge on any atom is -0.350 e. The first-order chi connectivity index (χ1) is 13.5. The predicted octanol–water partition coefficient (Wildman–Crippen LogP) is 3.80. The molecule has 5 heteroatoms. The number of hydrogen-bond donors (Lipinski definition) is 1. The van der Waals surface area contributed by atoms with Crippen LogP contribution in [0.2, 0.25) is 0 Å². The van der Waals surface area contributed by atoms with Crippen LogP contribution in [0.1, 0.15) is 68.1 Å². The van der Waals surface area contributed by atoms with Gasteiger partial charge in [0.2, 0.25) is 0 Å². The summed E-state index contributed by atoms with van der Waals surface area (Å²) in [5, 5.41) is 3.27. The van der Waals surface area contributed by atoms with Crippen LogP contribution in [-0.2, 0) is 11.2 Å². The van der Waals surface area contributed by atoms with Gasteiger partial charge >= 0.3 is 0 Å². The molecule has 4 aliphatic rings. The van der Waals surface area contributed by atoms with Crippen LogP contribution >= 0.6 is 0 Å². The lowest BCUT2D eigenvalue weighted by molar-refractivity contribution is -0.117. The van der Waals surface area contributed by atoms with Gasteiger partial charge < -0.3 is 10.1 Å². The number of nitrogens with one attached hydrogen (secondary N) is 1. The lowest BCUT2D eigenvalue weighted by Gasteiger charge is -2.56. The fraction of sp³-hybridized carbons (Fsp3) is 0.609. The zero-order valence-electron chi connectivity index (χ0n) is 16.6. The Balaban J connectivity index is 1.31. The summed E-state index contributed by atoms with van der Waals surface area (Å²) in [6, 6.07) is 5.66. The van der Waals surface area contributed by atoms with Gasteiger partial charge in [0, 0.05) is 19.2 Å². The molecular weight excluding hydrogens is 350 g/mol. The SMILES string of the molecule is CC(=O)CCc1cn2c(C(=O)NCC34CC5CC(CC(C5)C3)C4)cccc2n1. The molecule has 2 aromatic rings. The van der Waals surface area contributed by atoms with Crippen molar-refractivity contribution in [3.63, 3.8) is 0 Å². The molecule has 0 unspecified atom stereocenters. The summed E-state index contributed by atoms with van der Waals surface area (Å²) < 4.78 is 1.87. The van der Waals surface area contributed by atoms with Gasteiger partial charge in [-0.15, -0.1) is 0 Å². The monoisotopic (exact) mass is 379 g/mol. The van der Waals surface area contributed by atoms with E-state index in [1.807, 2.05) is 28.8 Å². The molecule has 148 valence electrons. The molecule has 1 amide bonds. The highest BCUT2D eigenvalue weighted by atomic mass is 16.2. The standard InChI is InChI=1S/C23H29N3O2/c1-15(27)5-6-19-13-26-20(3-2-4-21(26)25-19)22(28)24-14-23-10-16-7-17(11-23)9-18(8-16)12-23/h2-4,13,16-18H,5-12,14H2,1H3,(H,24,28). The minimum atomic E-state index is -0.0168. The van der Waals surface area contributed by atoms with E-state index < -0.39 is 0 Å². The van der Waals surface area contributed by atoms with Gasteiger partial charge in [0.25, 0.3) is 5.91 Å². The van der Waals surface area contributed by atoms with E-state index in [1.54, 1.807) is 6.92 Å². The number of aromatic nitrogens is 2. The highest BCUT2D eigenvalue weighted by Gasteiger charge is 2.50. The van der Waals surface area contributed by atoms with Crippen molar-refractivity contribution in [3.8, 4) is 0 Å². The number of hydrogen-bond acceptors (Lipinski definition) is 3. The van der Waals surface area contributed by atoms with Crippen molar-refractivity contribution in [3.05, 3.63) is 35.8 Å². The normalized spacial score (nSPS) is 30.7. The van der Waals surface area contributed by atoms with Crippen LogP contribution in [0.15, 0.2) is 24.4 Å². The lowest BCUT2D eigenvalue weighted by Crippen LogP contribution is -2.51. The smallest absolute Gasteiger partial charge is 0.268 e. The average molecular weight is 380 g/mol. The topological polar surface area (TPSA) is 63.5 Å². The molecule has 0 aliphatic heterocycles. The van der Waals surface area contributed by atoms with Crippen molar-refractivity contribution < 1.29 is 9.59 Å². The summed E-state index contributed by atoms with van der Waals surface area (Å²) in [6.45, 7) is 2.40. The third-order valence-electron chi connectivity index (χ3n) is 7.30. The van der Waals surface area contributed by atoms with Crippen LogP contribution in [0.3, 0.4) is 0 Å². The lowest BCUT2D eigenvalue weighted by atomic mass is 9.49. The quantitative estimate of drug-likeness (QED) is 0.830. The first kappa shape index (κ1) is 17.9. The largest absolute Gasteiger partial charge is 0.350 e. The number of ketones is 1. The zero-order valence-corrected chi connectivity index (χ0v) is 16.6. The number of Topliss-reactive ketones (excluding diaryl/α,β-unsaturated/α-hetero) is 1. The summed E-state index contributed by atoms with van der Waals surface area (Å²) in [5.41, 5.74) is 2.58. The maximum Gasteiger partial charge on any atom is 0.268 e. The summed E-state index contributed by atoms with van der Waals surface area (Å²) in [4.78, 5) is 28.8. The van der Waals surface area contributed by atoms with Gasteiger partial charge in [-0.25, -0.2) is 4.98 Å². The van der Waals surface area contributed by atoms with Crippen molar-refractivity contribution >= 4 is 17.3 Å². The molecule has 0 aromatic carbocycles.